The molecule has 0 radical (unpaired) electrons. The molecule has 0 aliphatic carbocycles. The number of aromatic nitrogens is 3. The number of fused-ring (bicyclic) bond motifs is 1. The highest BCUT2D eigenvalue weighted by Crippen LogP contribution is 2.22. The predicted molar refractivity (Wildman–Crippen MR) is 75.1 cm³/mol. The second-order valence-electron chi connectivity index (χ2n) is 5.11. The normalized spacial score (nSPS) is 11.6. The topological polar surface area (TPSA) is 65.6 Å². The van der Waals surface area contributed by atoms with E-state index in [9.17, 15) is 18.4 Å². The van der Waals surface area contributed by atoms with Crippen LogP contribution in [0.3, 0.4) is 0 Å². The summed E-state index contributed by atoms with van der Waals surface area (Å²) in [6.07, 6.45) is -1.48. The molecule has 2 rings (SSSR count). The van der Waals surface area contributed by atoms with Crippen LogP contribution in [0.4, 0.5) is 8.78 Å². The van der Waals surface area contributed by atoms with E-state index >= 15 is 0 Å². The van der Waals surface area contributed by atoms with Crippen molar-refractivity contribution >= 4 is 11.5 Å². The summed E-state index contributed by atoms with van der Waals surface area (Å²) in [7, 11) is 0. The van der Waals surface area contributed by atoms with E-state index in [2.05, 4.69) is 5.10 Å². The highest BCUT2D eigenvalue weighted by molar-refractivity contribution is 5.69. The summed E-state index contributed by atoms with van der Waals surface area (Å²) in [5, 5.41) is 4.12. The Morgan fingerprint density at radius 3 is 2.64 bits per heavy atom. The van der Waals surface area contributed by atoms with E-state index in [-0.39, 0.29) is 30.1 Å². The molecule has 120 valence electrons. The zero-order valence-corrected chi connectivity index (χ0v) is 12.5. The summed E-state index contributed by atoms with van der Waals surface area (Å²) >= 11 is 0. The monoisotopic (exact) mass is 313 g/mol. The molecule has 0 unspecified atom stereocenters. The molecule has 0 aromatic carbocycles. The Balaban J connectivity index is 2.61. The van der Waals surface area contributed by atoms with Gasteiger partial charge in [0.2, 0.25) is 0 Å². The number of esters is 1. The largest absolute Gasteiger partial charge is 0.465 e. The number of carbonyl (C=O) groups excluding carboxylic acids is 1. The third-order valence-electron chi connectivity index (χ3n) is 3.12. The maximum Gasteiger partial charge on any atom is 0.327 e. The fourth-order valence-corrected chi connectivity index (χ4v) is 2.14. The highest BCUT2D eigenvalue weighted by atomic mass is 19.3. The summed E-state index contributed by atoms with van der Waals surface area (Å²) in [5.41, 5.74) is -0.794. The van der Waals surface area contributed by atoms with Crippen molar-refractivity contribution in [2.75, 3.05) is 6.61 Å². The minimum Gasteiger partial charge on any atom is -0.465 e. The van der Waals surface area contributed by atoms with Crippen molar-refractivity contribution in [1.82, 2.24) is 14.2 Å². The van der Waals surface area contributed by atoms with E-state index in [1.165, 1.54) is 10.6 Å². The van der Waals surface area contributed by atoms with Crippen molar-refractivity contribution in [3.63, 3.8) is 0 Å². The molecule has 2 aromatic rings. The minimum absolute atomic E-state index is 0.0679. The van der Waals surface area contributed by atoms with Crippen LogP contribution in [-0.4, -0.2) is 26.8 Å². The number of alkyl halides is 2. The molecule has 22 heavy (non-hydrogen) atoms. The zero-order valence-electron chi connectivity index (χ0n) is 12.5. The third kappa shape index (κ3) is 3.00. The van der Waals surface area contributed by atoms with Gasteiger partial charge in [-0.25, -0.2) is 13.5 Å². The van der Waals surface area contributed by atoms with Gasteiger partial charge in [0.25, 0.3) is 12.0 Å². The van der Waals surface area contributed by atoms with Crippen molar-refractivity contribution in [2.45, 2.75) is 39.7 Å². The smallest absolute Gasteiger partial charge is 0.327 e. The van der Waals surface area contributed by atoms with Gasteiger partial charge < -0.3 is 4.74 Å². The lowest BCUT2D eigenvalue weighted by Gasteiger charge is -2.12. The number of rotatable bonds is 5. The second kappa shape index (κ2) is 6.25. The van der Waals surface area contributed by atoms with Gasteiger partial charge in [0.05, 0.1) is 6.61 Å². The summed E-state index contributed by atoms with van der Waals surface area (Å²) in [6.45, 7) is 5.14. The Labute approximate surface area is 125 Å². The van der Waals surface area contributed by atoms with Crippen LogP contribution in [0.25, 0.3) is 5.52 Å². The van der Waals surface area contributed by atoms with Gasteiger partial charge in [0, 0.05) is 17.7 Å². The molecule has 8 heteroatoms. The van der Waals surface area contributed by atoms with Gasteiger partial charge in [-0.05, 0) is 13.0 Å². The molecule has 0 N–H and O–H groups in total. The molecule has 0 fully saturated rings. The van der Waals surface area contributed by atoms with Crippen LogP contribution in [-0.2, 0) is 16.1 Å². The molecular weight excluding hydrogens is 296 g/mol. The second-order valence-corrected chi connectivity index (χ2v) is 5.11. The van der Waals surface area contributed by atoms with Gasteiger partial charge in [-0.3, -0.25) is 14.0 Å². The average Bonchev–Trinajstić information content (AvgIpc) is 2.87. The minimum atomic E-state index is -2.68. The molecule has 2 heterocycles. The fraction of sp³-hybridized carbons (Fsp3) is 0.500. The maximum atomic E-state index is 12.9. The lowest BCUT2D eigenvalue weighted by atomic mass is 10.2. The number of carbonyl (C=O) groups is 1. The van der Waals surface area contributed by atoms with Gasteiger partial charge in [0.1, 0.15) is 17.9 Å². The van der Waals surface area contributed by atoms with Crippen molar-refractivity contribution in [2.24, 2.45) is 0 Å². The van der Waals surface area contributed by atoms with E-state index < -0.39 is 18.0 Å². The molecule has 6 nitrogen and oxygen atoms in total. The quantitative estimate of drug-likeness (QED) is 0.793. The van der Waals surface area contributed by atoms with Crippen LogP contribution >= 0.6 is 0 Å². The molecule has 2 aromatic heterocycles. The first-order chi connectivity index (χ1) is 10.3. The van der Waals surface area contributed by atoms with E-state index in [4.69, 9.17) is 4.74 Å². The van der Waals surface area contributed by atoms with Crippen LogP contribution < -0.4 is 5.56 Å². The molecular formula is C14H17F2N3O3. The molecule has 0 bridgehead atoms. The number of halogens is 2. The first-order valence-corrected chi connectivity index (χ1v) is 6.92. The van der Waals surface area contributed by atoms with Gasteiger partial charge >= 0.3 is 5.97 Å². The van der Waals surface area contributed by atoms with Crippen LogP contribution in [0.1, 0.15) is 44.5 Å². The molecule has 0 saturated carbocycles. The first kappa shape index (κ1) is 16.1. The summed E-state index contributed by atoms with van der Waals surface area (Å²) in [5.74, 6) is -0.294. The molecule has 0 amide bonds. The summed E-state index contributed by atoms with van der Waals surface area (Å²) < 4.78 is 32.8. The molecule has 0 atom stereocenters. The highest BCUT2D eigenvalue weighted by Gasteiger charge is 2.19. The number of nitrogens with zero attached hydrogens (tertiary/aromatic N) is 3. The SMILES string of the molecule is CCOC(=O)Cn1nc(C(C)C)n2cc(C(F)F)cc2c1=O. The Morgan fingerprint density at radius 2 is 2.09 bits per heavy atom. The Bertz CT molecular complexity index is 750. The van der Waals surface area contributed by atoms with Crippen molar-refractivity contribution in [3.05, 3.63) is 34.0 Å². The standard InChI is InChI=1S/C14H17F2N3O3/c1-4-22-11(20)7-19-14(21)10-5-9(12(15)16)6-18(10)13(17-19)8(2)3/h5-6,8,12H,4,7H2,1-3H3. The van der Waals surface area contributed by atoms with Crippen molar-refractivity contribution in [3.8, 4) is 0 Å². The summed E-state index contributed by atoms with van der Waals surface area (Å²) in [6, 6.07) is 1.13. The average molecular weight is 313 g/mol. The Kier molecular flexibility index (Phi) is 4.58. The number of hydrogen-bond acceptors (Lipinski definition) is 4. The lowest BCUT2D eigenvalue weighted by molar-refractivity contribution is -0.144. The van der Waals surface area contributed by atoms with Crippen LogP contribution in [0, 0.1) is 0 Å². The molecule has 0 saturated heterocycles. The summed E-state index contributed by atoms with van der Waals surface area (Å²) in [4.78, 5) is 23.9. The molecule has 0 aliphatic heterocycles. The molecule has 0 aliphatic rings. The van der Waals surface area contributed by atoms with Gasteiger partial charge in [0.15, 0.2) is 0 Å². The predicted octanol–water partition coefficient (Wildman–Crippen LogP) is 2.12. The van der Waals surface area contributed by atoms with Gasteiger partial charge in [-0.1, -0.05) is 13.8 Å². The lowest BCUT2D eigenvalue weighted by Crippen LogP contribution is -2.30. The van der Waals surface area contributed by atoms with Crippen molar-refractivity contribution < 1.29 is 18.3 Å². The van der Waals surface area contributed by atoms with Crippen LogP contribution in [0.5, 0.6) is 0 Å². The maximum absolute atomic E-state index is 12.9. The van der Waals surface area contributed by atoms with Gasteiger partial charge in [-0.15, -0.1) is 0 Å². The number of ether oxygens (including phenoxy) is 1. The third-order valence-corrected chi connectivity index (χ3v) is 3.12. The molecule has 0 spiro atoms. The van der Waals surface area contributed by atoms with E-state index in [0.29, 0.717) is 5.82 Å². The number of hydrogen-bond donors (Lipinski definition) is 0. The van der Waals surface area contributed by atoms with Crippen molar-refractivity contribution in [1.29, 1.82) is 0 Å². The van der Waals surface area contributed by atoms with Crippen LogP contribution in [0.15, 0.2) is 17.1 Å². The van der Waals surface area contributed by atoms with E-state index in [1.54, 1.807) is 6.92 Å². The van der Waals surface area contributed by atoms with E-state index in [0.717, 1.165) is 10.7 Å². The van der Waals surface area contributed by atoms with Gasteiger partial charge in [-0.2, -0.15) is 5.10 Å². The fourth-order valence-electron chi connectivity index (χ4n) is 2.14. The van der Waals surface area contributed by atoms with E-state index in [1.807, 2.05) is 13.8 Å². The Hall–Kier alpha value is -2.25. The Morgan fingerprint density at radius 1 is 1.41 bits per heavy atom. The first-order valence-electron chi connectivity index (χ1n) is 6.92. The van der Waals surface area contributed by atoms with Crippen LogP contribution in [0.2, 0.25) is 0 Å². The zero-order chi connectivity index (χ0) is 16.4.